The minimum atomic E-state index is -4.83. The van der Waals surface area contributed by atoms with Crippen molar-refractivity contribution in [3.63, 3.8) is 0 Å². The van der Waals surface area contributed by atoms with Crippen molar-refractivity contribution in [3.05, 3.63) is 22.5 Å². The van der Waals surface area contributed by atoms with Crippen LogP contribution in [0.4, 0.5) is 23.4 Å². The number of piperidine rings is 3. The molecule has 0 saturated carbocycles. The number of nitrogens with zero attached hydrogens (tertiary/aromatic N) is 2. The van der Waals surface area contributed by atoms with Crippen LogP contribution < -0.4 is 5.32 Å². The zero-order valence-electron chi connectivity index (χ0n) is 12.5. The molecule has 1 aromatic heterocycles. The van der Waals surface area contributed by atoms with Gasteiger partial charge in [-0.1, -0.05) is 16.8 Å². The van der Waals surface area contributed by atoms with Crippen LogP contribution in [0.1, 0.15) is 18.4 Å². The van der Waals surface area contributed by atoms with Gasteiger partial charge in [0.05, 0.1) is 10.4 Å². The lowest BCUT2D eigenvalue weighted by molar-refractivity contribution is -0.137. The Labute approximate surface area is 139 Å². The molecule has 1 atom stereocenters. The van der Waals surface area contributed by atoms with Gasteiger partial charge in [-0.3, -0.25) is 0 Å². The van der Waals surface area contributed by atoms with Crippen molar-refractivity contribution < 1.29 is 22.1 Å². The summed E-state index contributed by atoms with van der Waals surface area (Å²) in [6.07, 6.45) is -2.77. The van der Waals surface area contributed by atoms with Gasteiger partial charge < -0.3 is 14.7 Å². The highest BCUT2D eigenvalue weighted by molar-refractivity contribution is 6.32. The highest BCUT2D eigenvalue weighted by Crippen LogP contribution is 2.43. The van der Waals surface area contributed by atoms with Gasteiger partial charge in [0, 0.05) is 12.6 Å². The summed E-state index contributed by atoms with van der Waals surface area (Å²) in [7, 11) is 0. The van der Waals surface area contributed by atoms with Crippen molar-refractivity contribution >= 4 is 28.4 Å². The number of alkyl halides is 3. The first-order chi connectivity index (χ1) is 11.3. The van der Waals surface area contributed by atoms with Gasteiger partial charge in [-0.05, 0) is 37.9 Å². The van der Waals surface area contributed by atoms with Gasteiger partial charge in [0.1, 0.15) is 11.4 Å². The highest BCUT2D eigenvalue weighted by Gasteiger charge is 2.40. The third kappa shape index (κ3) is 2.52. The van der Waals surface area contributed by atoms with Gasteiger partial charge in [-0.2, -0.15) is 13.2 Å². The number of benzene rings is 1. The van der Waals surface area contributed by atoms with Gasteiger partial charge in [-0.25, -0.2) is 4.39 Å². The van der Waals surface area contributed by atoms with Crippen LogP contribution in [0.25, 0.3) is 11.0 Å². The number of hydrogen-bond acceptors (Lipinski definition) is 4. The quantitative estimate of drug-likeness (QED) is 0.814. The predicted octanol–water partition coefficient (Wildman–Crippen LogP) is 4.15. The number of aromatic nitrogens is 1. The number of halogens is 5. The van der Waals surface area contributed by atoms with E-state index < -0.39 is 28.2 Å². The van der Waals surface area contributed by atoms with Crippen LogP contribution >= 0.6 is 11.6 Å². The molecule has 1 aromatic carbocycles. The van der Waals surface area contributed by atoms with E-state index in [2.05, 4.69) is 15.4 Å². The van der Waals surface area contributed by atoms with Crippen LogP contribution in [0, 0.1) is 11.7 Å². The Kier molecular flexibility index (Phi) is 3.65. The molecule has 0 unspecified atom stereocenters. The molecule has 4 nitrogen and oxygen atoms in total. The molecule has 4 heterocycles. The summed E-state index contributed by atoms with van der Waals surface area (Å²) < 4.78 is 58.3. The maximum absolute atomic E-state index is 13.9. The lowest BCUT2D eigenvalue weighted by Crippen LogP contribution is -2.53. The number of fused-ring (bicyclic) bond motifs is 4. The van der Waals surface area contributed by atoms with Gasteiger partial charge in [0.15, 0.2) is 11.4 Å². The number of anilines is 1. The molecular weight excluding hydrogens is 350 g/mol. The van der Waals surface area contributed by atoms with Crippen molar-refractivity contribution in [2.45, 2.75) is 25.1 Å². The Hall–Kier alpha value is -1.54. The van der Waals surface area contributed by atoms with Crippen molar-refractivity contribution in [2.24, 2.45) is 5.92 Å². The Morgan fingerprint density at radius 3 is 2.58 bits per heavy atom. The second-order valence-electron chi connectivity index (χ2n) is 6.34. The third-order valence-electron chi connectivity index (χ3n) is 4.92. The monoisotopic (exact) mass is 363 g/mol. The first-order valence-electron chi connectivity index (χ1n) is 7.68. The van der Waals surface area contributed by atoms with E-state index >= 15 is 0 Å². The summed E-state index contributed by atoms with van der Waals surface area (Å²) in [6, 6.07) is 1.00. The van der Waals surface area contributed by atoms with Crippen molar-refractivity contribution in [1.82, 2.24) is 10.1 Å². The van der Waals surface area contributed by atoms with Crippen molar-refractivity contribution in [3.8, 4) is 0 Å². The van der Waals surface area contributed by atoms with Gasteiger partial charge in [0.2, 0.25) is 0 Å². The molecule has 1 N–H and O–H groups in total. The Bertz CT molecular complexity index is 783. The normalized spacial score (nSPS) is 27.0. The topological polar surface area (TPSA) is 41.3 Å². The van der Waals surface area contributed by atoms with Crippen LogP contribution in [0.3, 0.4) is 0 Å². The van der Waals surface area contributed by atoms with Crippen LogP contribution in [0.2, 0.25) is 5.02 Å². The predicted molar refractivity (Wildman–Crippen MR) is 80.6 cm³/mol. The second-order valence-corrected chi connectivity index (χ2v) is 6.72. The second kappa shape index (κ2) is 5.49. The Morgan fingerprint density at radius 2 is 2.00 bits per heavy atom. The summed E-state index contributed by atoms with van der Waals surface area (Å²) in [5.41, 5.74) is -1.87. The molecular formula is C15H14ClF4N3O. The lowest BCUT2D eigenvalue weighted by atomic mass is 9.84. The smallest absolute Gasteiger partial charge is 0.362 e. The molecule has 0 spiro atoms. The molecule has 0 aliphatic carbocycles. The van der Waals surface area contributed by atoms with Gasteiger partial charge in [0.25, 0.3) is 0 Å². The van der Waals surface area contributed by atoms with E-state index in [0.29, 0.717) is 5.92 Å². The van der Waals surface area contributed by atoms with Gasteiger partial charge >= 0.3 is 6.18 Å². The first kappa shape index (κ1) is 16.0. The molecule has 3 saturated heterocycles. The molecule has 0 radical (unpaired) electrons. The lowest BCUT2D eigenvalue weighted by Gasteiger charge is -2.44. The minimum absolute atomic E-state index is 0.0410. The molecule has 5 rings (SSSR count). The minimum Gasteiger partial charge on any atom is -0.362 e. The van der Waals surface area contributed by atoms with Crippen molar-refractivity contribution in [2.75, 3.05) is 25.0 Å². The average molecular weight is 364 g/mol. The molecule has 2 aromatic rings. The van der Waals surface area contributed by atoms with E-state index in [4.69, 9.17) is 16.1 Å². The van der Waals surface area contributed by atoms with E-state index in [1.54, 1.807) is 0 Å². The number of hydrogen-bond donors (Lipinski definition) is 1. The van der Waals surface area contributed by atoms with E-state index in [-0.39, 0.29) is 17.2 Å². The fourth-order valence-electron chi connectivity index (χ4n) is 3.68. The highest BCUT2D eigenvalue weighted by atomic mass is 35.5. The summed E-state index contributed by atoms with van der Waals surface area (Å²) >= 11 is 5.50. The number of nitrogens with one attached hydrogen (secondary N) is 1. The fourth-order valence-corrected chi connectivity index (χ4v) is 3.93. The summed E-state index contributed by atoms with van der Waals surface area (Å²) in [4.78, 5) is 2.29. The molecule has 3 aliphatic rings. The molecule has 0 amide bonds. The van der Waals surface area contributed by atoms with E-state index in [1.165, 1.54) is 0 Å². The zero-order valence-corrected chi connectivity index (χ0v) is 13.2. The van der Waals surface area contributed by atoms with Crippen LogP contribution in [0.5, 0.6) is 0 Å². The number of rotatable bonds is 2. The fraction of sp³-hybridized carbons (Fsp3) is 0.533. The van der Waals surface area contributed by atoms with E-state index in [9.17, 15) is 17.6 Å². The molecule has 24 heavy (non-hydrogen) atoms. The first-order valence-corrected chi connectivity index (χ1v) is 8.06. The summed E-state index contributed by atoms with van der Waals surface area (Å²) in [5.74, 6) is -0.581. The molecule has 3 fully saturated rings. The molecule has 3 aliphatic heterocycles. The molecule has 2 bridgehead atoms. The average Bonchev–Trinajstić information content (AvgIpc) is 2.90. The Balaban J connectivity index is 1.74. The van der Waals surface area contributed by atoms with E-state index in [1.807, 2.05) is 0 Å². The van der Waals surface area contributed by atoms with E-state index in [0.717, 1.165) is 38.5 Å². The maximum Gasteiger partial charge on any atom is 0.421 e. The van der Waals surface area contributed by atoms with Crippen LogP contribution in [-0.2, 0) is 6.18 Å². The summed E-state index contributed by atoms with van der Waals surface area (Å²) in [6.45, 7) is 2.86. The summed E-state index contributed by atoms with van der Waals surface area (Å²) in [5, 5.41) is 5.80. The zero-order chi connectivity index (χ0) is 17.1. The largest absolute Gasteiger partial charge is 0.421 e. The van der Waals surface area contributed by atoms with Crippen molar-refractivity contribution in [1.29, 1.82) is 0 Å². The molecule has 130 valence electrons. The van der Waals surface area contributed by atoms with Crippen LogP contribution in [0.15, 0.2) is 10.6 Å². The van der Waals surface area contributed by atoms with Gasteiger partial charge in [-0.15, -0.1) is 0 Å². The van der Waals surface area contributed by atoms with Crippen LogP contribution in [-0.4, -0.2) is 35.7 Å². The molecule has 9 heteroatoms. The standard InChI is InChI=1S/C15H14ClF4N3O/c16-12-9(17)5-8-13(11(12)15(18,19)20)24-22-14(8)21-10-6-23-3-1-7(10)2-4-23/h5,7,10H,1-4,6H2,(H,21,22)/t10-/m0/s1. The third-order valence-corrected chi connectivity index (χ3v) is 5.29. The SMILES string of the molecule is Fc1cc2c(N[C@H]3CN4CCC3CC4)noc2c(C(F)(F)F)c1Cl. The maximum atomic E-state index is 13.9. The Morgan fingerprint density at radius 1 is 1.29 bits per heavy atom.